The highest BCUT2D eigenvalue weighted by Gasteiger charge is 2.54. The maximum atomic E-state index is 10.4. The molecule has 4 unspecified atom stereocenters. The Morgan fingerprint density at radius 3 is 2.33 bits per heavy atom. The van der Waals surface area contributed by atoms with Crippen molar-refractivity contribution >= 4 is 18.2 Å². The molecule has 0 saturated heterocycles. The largest absolute Gasteiger partial charge is 0.234 e. The molecule has 2 bridgehead atoms. The van der Waals surface area contributed by atoms with Crippen LogP contribution in [0.1, 0.15) is 32.1 Å². The summed E-state index contributed by atoms with van der Waals surface area (Å²) < 4.78 is 0. The van der Waals surface area contributed by atoms with Gasteiger partial charge in [-0.25, -0.2) is 29.4 Å². The predicted octanol–water partition coefficient (Wildman–Crippen LogP) is 1.81. The summed E-state index contributed by atoms with van der Waals surface area (Å²) in [5, 5.41) is 0. The highest BCUT2D eigenvalue weighted by molar-refractivity contribution is 5.34. The van der Waals surface area contributed by atoms with Crippen molar-refractivity contribution in [2.45, 2.75) is 32.1 Å². The minimum Gasteiger partial charge on any atom is -0.211 e. The predicted molar refractivity (Wildman–Crippen MR) is 75.0 cm³/mol. The Bertz CT molecular complexity index is 516. The molecule has 21 heavy (non-hydrogen) atoms. The summed E-state index contributed by atoms with van der Waals surface area (Å²) >= 11 is 0. The normalized spacial score (nSPS) is 32.9. The minimum atomic E-state index is 0.0732. The van der Waals surface area contributed by atoms with Crippen molar-refractivity contribution in [1.82, 2.24) is 0 Å². The Morgan fingerprint density at radius 2 is 1.62 bits per heavy atom. The first-order chi connectivity index (χ1) is 10.2. The zero-order valence-electron chi connectivity index (χ0n) is 12.0. The lowest BCUT2D eigenvalue weighted by atomic mass is 9.73. The summed E-state index contributed by atoms with van der Waals surface area (Å²) in [5.74, 6) is 1.43. The molecule has 0 spiro atoms. The Morgan fingerprint density at radius 1 is 0.905 bits per heavy atom. The van der Waals surface area contributed by atoms with E-state index in [1.54, 1.807) is 18.2 Å². The summed E-state index contributed by atoms with van der Waals surface area (Å²) in [7, 11) is 0. The maximum absolute atomic E-state index is 10.4. The van der Waals surface area contributed by atoms with Crippen molar-refractivity contribution in [1.29, 1.82) is 0 Å². The first-order valence-electron chi connectivity index (χ1n) is 7.35. The van der Waals surface area contributed by atoms with Gasteiger partial charge in [0.2, 0.25) is 18.2 Å². The number of hydrogen-bond donors (Lipinski definition) is 0. The van der Waals surface area contributed by atoms with Crippen LogP contribution in [0.25, 0.3) is 0 Å². The summed E-state index contributed by atoms with van der Waals surface area (Å²) in [6.07, 6.45) is 9.74. The number of fused-ring (bicyclic) bond motifs is 2. The molecule has 112 valence electrons. The Labute approximate surface area is 123 Å². The van der Waals surface area contributed by atoms with E-state index in [0.717, 1.165) is 32.1 Å². The van der Waals surface area contributed by atoms with Crippen LogP contribution in [0.15, 0.2) is 15.0 Å². The van der Waals surface area contributed by atoms with Gasteiger partial charge in [0, 0.05) is 0 Å². The highest BCUT2D eigenvalue weighted by Crippen LogP contribution is 2.60. The molecule has 0 aromatic heterocycles. The molecule has 2 fully saturated rings. The molecule has 0 amide bonds. The van der Waals surface area contributed by atoms with Crippen molar-refractivity contribution in [2.75, 3.05) is 19.6 Å². The molecule has 4 atom stereocenters. The summed E-state index contributed by atoms with van der Waals surface area (Å²) in [6.45, 7) is 1.56. The quantitative estimate of drug-likeness (QED) is 0.388. The van der Waals surface area contributed by atoms with E-state index in [9.17, 15) is 14.4 Å². The van der Waals surface area contributed by atoms with Crippen LogP contribution in [0.3, 0.4) is 0 Å². The van der Waals surface area contributed by atoms with Crippen molar-refractivity contribution in [3.8, 4) is 0 Å². The maximum Gasteiger partial charge on any atom is 0.234 e. The molecule has 0 radical (unpaired) electrons. The fraction of sp³-hybridized carbons (Fsp3) is 0.800. The van der Waals surface area contributed by atoms with Crippen molar-refractivity contribution in [3.63, 3.8) is 0 Å². The Hall–Kier alpha value is -1.86. The van der Waals surface area contributed by atoms with Gasteiger partial charge in [0.05, 0.1) is 19.6 Å². The first-order valence-corrected chi connectivity index (χ1v) is 7.35. The van der Waals surface area contributed by atoms with E-state index in [-0.39, 0.29) is 5.41 Å². The topological polar surface area (TPSA) is 88.3 Å². The van der Waals surface area contributed by atoms with Gasteiger partial charge < -0.3 is 0 Å². The van der Waals surface area contributed by atoms with Gasteiger partial charge in [-0.3, -0.25) is 0 Å². The second kappa shape index (κ2) is 7.24. The molecule has 0 N–H and O–H groups in total. The second-order valence-corrected chi connectivity index (χ2v) is 6.25. The third-order valence-electron chi connectivity index (χ3n) is 5.05. The third-order valence-corrected chi connectivity index (χ3v) is 5.05. The van der Waals surface area contributed by atoms with Gasteiger partial charge in [-0.2, -0.15) is 0 Å². The number of hydrogen-bond acceptors (Lipinski definition) is 6. The molecule has 2 rings (SSSR count). The van der Waals surface area contributed by atoms with E-state index >= 15 is 0 Å². The van der Waals surface area contributed by atoms with Crippen LogP contribution in [0.4, 0.5) is 0 Å². The zero-order valence-corrected chi connectivity index (χ0v) is 12.0. The summed E-state index contributed by atoms with van der Waals surface area (Å²) in [6, 6.07) is 0. The van der Waals surface area contributed by atoms with Crippen molar-refractivity contribution in [2.24, 2.45) is 38.1 Å². The van der Waals surface area contributed by atoms with E-state index in [2.05, 4.69) is 15.0 Å². The van der Waals surface area contributed by atoms with E-state index in [4.69, 9.17) is 0 Å². The van der Waals surface area contributed by atoms with E-state index in [0.29, 0.717) is 37.4 Å². The van der Waals surface area contributed by atoms with E-state index in [1.807, 2.05) is 0 Å². The molecular formula is C15H19N3O3. The van der Waals surface area contributed by atoms with Gasteiger partial charge in [-0.1, -0.05) is 0 Å². The molecule has 2 saturated carbocycles. The van der Waals surface area contributed by atoms with Gasteiger partial charge in [-0.05, 0) is 55.3 Å². The monoisotopic (exact) mass is 289 g/mol. The van der Waals surface area contributed by atoms with Crippen molar-refractivity contribution < 1.29 is 14.4 Å². The molecule has 0 aromatic carbocycles. The Balaban J connectivity index is 2.01. The molecule has 0 heterocycles. The van der Waals surface area contributed by atoms with Gasteiger partial charge in [-0.15, -0.1) is 0 Å². The highest BCUT2D eigenvalue weighted by atomic mass is 16.1. The van der Waals surface area contributed by atoms with Gasteiger partial charge in [0.15, 0.2) is 0 Å². The number of isocyanates is 3. The smallest absolute Gasteiger partial charge is 0.211 e. The van der Waals surface area contributed by atoms with Gasteiger partial charge >= 0.3 is 0 Å². The molecule has 0 aromatic rings. The lowest BCUT2D eigenvalue weighted by Crippen LogP contribution is -2.28. The average molecular weight is 289 g/mol. The standard InChI is InChI=1S/C15H19N3O3/c19-9-16-3-1-2-12-4-15(8-18-11-21)5-13(7-17-10-20)14(12)6-15/h12-14H,1-8H2. The fourth-order valence-corrected chi connectivity index (χ4v) is 4.43. The van der Waals surface area contributed by atoms with Crippen LogP contribution in [-0.2, 0) is 14.4 Å². The van der Waals surface area contributed by atoms with Crippen LogP contribution < -0.4 is 0 Å². The van der Waals surface area contributed by atoms with Crippen LogP contribution in [0.2, 0.25) is 0 Å². The molecular weight excluding hydrogens is 270 g/mol. The number of aliphatic imine (C=N–C) groups is 3. The van der Waals surface area contributed by atoms with E-state index < -0.39 is 0 Å². The van der Waals surface area contributed by atoms with Crippen LogP contribution in [-0.4, -0.2) is 37.9 Å². The SMILES string of the molecule is O=C=NCCCC1CC2(CN=C=O)CC(CN=C=O)C1C2. The Kier molecular flexibility index (Phi) is 5.35. The average Bonchev–Trinajstić information content (AvgIpc) is 3.03. The molecule has 6 heteroatoms. The lowest BCUT2D eigenvalue weighted by Gasteiger charge is -2.33. The molecule has 2 aliphatic carbocycles. The number of carbonyl (C=O) groups excluding carboxylic acids is 3. The summed E-state index contributed by atoms with van der Waals surface area (Å²) in [5.41, 5.74) is 0.0732. The summed E-state index contributed by atoms with van der Waals surface area (Å²) in [4.78, 5) is 41.9. The second-order valence-electron chi connectivity index (χ2n) is 6.25. The third kappa shape index (κ3) is 3.62. The van der Waals surface area contributed by atoms with Gasteiger partial charge in [0.1, 0.15) is 0 Å². The molecule has 6 nitrogen and oxygen atoms in total. The van der Waals surface area contributed by atoms with Gasteiger partial charge in [0.25, 0.3) is 0 Å². The molecule has 0 aliphatic heterocycles. The first kappa shape index (κ1) is 15.5. The van der Waals surface area contributed by atoms with Crippen LogP contribution in [0, 0.1) is 23.2 Å². The lowest BCUT2D eigenvalue weighted by molar-refractivity contribution is 0.184. The van der Waals surface area contributed by atoms with E-state index in [1.165, 1.54) is 0 Å². The number of nitrogens with zero attached hydrogens (tertiary/aromatic N) is 3. The zero-order chi connectivity index (χ0) is 15.1. The number of rotatable bonds is 8. The minimum absolute atomic E-state index is 0.0732. The van der Waals surface area contributed by atoms with Crippen molar-refractivity contribution in [3.05, 3.63) is 0 Å². The fourth-order valence-electron chi connectivity index (χ4n) is 4.43. The molecule has 2 aliphatic rings. The van der Waals surface area contributed by atoms with Crippen LogP contribution in [0.5, 0.6) is 0 Å². The van der Waals surface area contributed by atoms with Crippen LogP contribution >= 0.6 is 0 Å².